The Morgan fingerprint density at radius 2 is 1.49 bits per heavy atom. The van der Waals surface area contributed by atoms with Crippen molar-refractivity contribution in [3.63, 3.8) is 0 Å². The molecule has 4 aliphatic rings. The second-order valence-electron chi connectivity index (χ2n) is 10.5. The first kappa shape index (κ1) is 29.5. The number of nitrogens with zero attached hydrogens (tertiary/aromatic N) is 1. The minimum absolute atomic E-state index is 0.0332. The molecular formula is C22H39F5N6O3S. The summed E-state index contributed by atoms with van der Waals surface area (Å²) in [4.78, 5) is 0. The Morgan fingerprint density at radius 3 is 2.08 bits per heavy atom. The van der Waals surface area contributed by atoms with E-state index in [1.807, 2.05) is 0 Å². The number of hydrogen-bond donors (Lipinski definition) is 5. The highest BCUT2D eigenvalue weighted by atomic mass is 32.3. The minimum Gasteiger partial charge on any atom is -0.597 e. The third kappa shape index (κ3) is 8.48. The lowest BCUT2D eigenvalue weighted by atomic mass is 9.92. The highest BCUT2D eigenvalue weighted by Crippen LogP contribution is 2.31. The summed E-state index contributed by atoms with van der Waals surface area (Å²) in [6.45, 7) is -0.711. The minimum atomic E-state index is -4.52. The summed E-state index contributed by atoms with van der Waals surface area (Å²) in [5, 5.41) is 15.0. The summed E-state index contributed by atoms with van der Waals surface area (Å²) in [6, 6.07) is -0.440. The number of sulfonamides is 1. The molecule has 4 fully saturated rings. The summed E-state index contributed by atoms with van der Waals surface area (Å²) in [6.07, 6.45) is -4.28. The molecule has 0 aromatic carbocycles. The van der Waals surface area contributed by atoms with E-state index in [1.165, 1.54) is 0 Å². The van der Waals surface area contributed by atoms with Gasteiger partial charge in [-0.15, -0.1) is 4.31 Å². The van der Waals surface area contributed by atoms with Gasteiger partial charge >= 0.3 is 6.18 Å². The van der Waals surface area contributed by atoms with Crippen LogP contribution in [0.15, 0.2) is 0 Å². The van der Waals surface area contributed by atoms with E-state index in [1.54, 1.807) is 4.31 Å². The molecule has 4 rings (SSSR count). The molecule has 7 atom stereocenters. The average Bonchev–Trinajstić information content (AvgIpc) is 2.85. The van der Waals surface area contributed by atoms with Gasteiger partial charge in [-0.05, 0) is 57.8 Å². The van der Waals surface area contributed by atoms with Gasteiger partial charge in [0.25, 0.3) is 0 Å². The molecule has 5 N–H and O–H groups in total. The van der Waals surface area contributed by atoms with Gasteiger partial charge in [-0.3, -0.25) is 26.6 Å². The van der Waals surface area contributed by atoms with Crippen molar-refractivity contribution in [2.24, 2.45) is 0 Å². The smallest absolute Gasteiger partial charge is 0.411 e. The van der Waals surface area contributed by atoms with Crippen LogP contribution in [0.5, 0.6) is 0 Å². The predicted octanol–water partition coefficient (Wildman–Crippen LogP) is 1.95. The topological polar surface area (TPSA) is 113 Å². The fraction of sp³-hybridized carbons (Fsp3) is 1.00. The van der Waals surface area contributed by atoms with E-state index >= 15 is 0 Å². The first-order valence-corrected chi connectivity index (χ1v) is 14.8. The van der Waals surface area contributed by atoms with E-state index in [-0.39, 0.29) is 30.2 Å². The van der Waals surface area contributed by atoms with Gasteiger partial charge in [0, 0.05) is 25.2 Å². The van der Waals surface area contributed by atoms with Crippen LogP contribution in [0, 0.1) is 0 Å². The number of nitrogens with one attached hydrogen (secondary N) is 5. The van der Waals surface area contributed by atoms with E-state index in [9.17, 15) is 30.7 Å². The van der Waals surface area contributed by atoms with Crippen molar-refractivity contribution in [2.75, 3.05) is 19.7 Å². The summed E-state index contributed by atoms with van der Waals surface area (Å²) in [7, 11) is -3.33. The van der Waals surface area contributed by atoms with Crippen LogP contribution >= 0.6 is 0 Å². The monoisotopic (exact) mass is 562 g/mol. The van der Waals surface area contributed by atoms with Crippen molar-refractivity contribution >= 4 is 10.4 Å². The Bertz CT molecular complexity index is 772. The van der Waals surface area contributed by atoms with Crippen molar-refractivity contribution in [2.45, 2.75) is 119 Å². The lowest BCUT2D eigenvalue weighted by Gasteiger charge is -2.43. The molecule has 0 aromatic heterocycles. The molecule has 2 saturated carbocycles. The molecule has 2 heterocycles. The zero-order valence-electron chi connectivity index (χ0n) is 20.8. The quantitative estimate of drug-likeness (QED) is 0.226. The Hall–Kier alpha value is -0.520. The van der Waals surface area contributed by atoms with E-state index in [0.29, 0.717) is 45.2 Å². The Morgan fingerprint density at radius 1 is 0.865 bits per heavy atom. The van der Waals surface area contributed by atoms with Gasteiger partial charge in [0.15, 0.2) is 6.35 Å². The molecule has 2 aliphatic carbocycles. The standard InChI is InChI=1S/C22H39F5N6O3S/c23-17-7-6-15(12-18(17)24)29-20-30-19(31-21(32-20)36-13-22(25,26)27)28-14-8-10-33(11-9-14)37(34,35)16-4-2-1-3-5-16/h14-21,28-32H,1-13H2. The number of halogens is 5. The molecular weight excluding hydrogens is 523 g/mol. The molecule has 2 saturated heterocycles. The summed E-state index contributed by atoms with van der Waals surface area (Å²) in [5.41, 5.74) is 0. The van der Waals surface area contributed by atoms with Crippen molar-refractivity contribution in [1.29, 1.82) is 0 Å². The molecule has 0 amide bonds. The van der Waals surface area contributed by atoms with Crippen LogP contribution in [0.1, 0.15) is 64.2 Å². The fourth-order valence-corrected chi connectivity index (χ4v) is 7.70. The Balaban J connectivity index is 1.30. The van der Waals surface area contributed by atoms with Crippen LogP contribution in [0.3, 0.4) is 0 Å². The summed E-state index contributed by atoms with van der Waals surface area (Å²) in [5.74, 6) is 0. The number of piperidine rings is 1. The molecule has 0 radical (unpaired) electrons. The molecule has 216 valence electrons. The molecule has 0 spiro atoms. The number of hydrogen-bond acceptors (Lipinski definition) is 8. The van der Waals surface area contributed by atoms with Gasteiger partial charge < -0.3 is 9.29 Å². The number of rotatable bonds is 8. The zero-order valence-corrected chi connectivity index (χ0v) is 21.6. The largest absolute Gasteiger partial charge is 0.597 e. The Labute approximate surface area is 215 Å². The normalized spacial score (nSPS) is 37.4. The van der Waals surface area contributed by atoms with Crippen LogP contribution in [-0.4, -0.2) is 83.3 Å². The average molecular weight is 563 g/mol. The SMILES string of the molecule is O=[S+]([O-])(C1CCCCC1)N1CCC(NC2NC(NC3CCC(F)C(F)C3)NC(OCC(F)(F)F)N2)CC1. The summed E-state index contributed by atoms with van der Waals surface area (Å²) >= 11 is 0. The molecule has 7 unspecified atom stereocenters. The predicted molar refractivity (Wildman–Crippen MR) is 127 cm³/mol. The first-order chi connectivity index (χ1) is 17.5. The molecule has 15 heteroatoms. The van der Waals surface area contributed by atoms with Gasteiger partial charge in [-0.25, -0.2) is 8.78 Å². The fourth-order valence-electron chi connectivity index (χ4n) is 5.63. The van der Waals surface area contributed by atoms with E-state index < -0.39 is 54.5 Å². The van der Waals surface area contributed by atoms with Crippen molar-refractivity contribution in [3.05, 3.63) is 0 Å². The second kappa shape index (κ2) is 12.8. The van der Waals surface area contributed by atoms with E-state index in [0.717, 1.165) is 19.3 Å². The maximum absolute atomic E-state index is 13.9. The van der Waals surface area contributed by atoms with Gasteiger partial charge in [0.2, 0.25) is 0 Å². The number of ether oxygens (including phenoxy) is 1. The third-order valence-corrected chi connectivity index (χ3v) is 10.1. The second-order valence-corrected chi connectivity index (χ2v) is 12.7. The van der Waals surface area contributed by atoms with Crippen molar-refractivity contribution < 1.29 is 35.5 Å². The molecule has 0 bridgehead atoms. The highest BCUT2D eigenvalue weighted by molar-refractivity contribution is 7.96. The maximum Gasteiger partial charge on any atom is 0.411 e. The van der Waals surface area contributed by atoms with Crippen LogP contribution in [0.2, 0.25) is 0 Å². The molecule has 37 heavy (non-hydrogen) atoms. The molecule has 0 aromatic rings. The molecule has 9 nitrogen and oxygen atoms in total. The summed E-state index contributed by atoms with van der Waals surface area (Å²) < 4.78 is 98.1. The Kier molecular flexibility index (Phi) is 10.2. The van der Waals surface area contributed by atoms with Gasteiger partial charge in [0.1, 0.15) is 47.2 Å². The van der Waals surface area contributed by atoms with Gasteiger partial charge in [-0.1, -0.05) is 10.6 Å². The first-order valence-electron chi connectivity index (χ1n) is 13.3. The number of alkyl halides is 5. The van der Waals surface area contributed by atoms with Crippen molar-refractivity contribution in [1.82, 2.24) is 30.9 Å². The highest BCUT2D eigenvalue weighted by Gasteiger charge is 2.41. The van der Waals surface area contributed by atoms with Gasteiger partial charge in [-0.2, -0.15) is 13.2 Å². The van der Waals surface area contributed by atoms with Crippen LogP contribution in [0.25, 0.3) is 0 Å². The van der Waals surface area contributed by atoms with Crippen LogP contribution in [-0.2, 0) is 19.3 Å². The van der Waals surface area contributed by atoms with Crippen molar-refractivity contribution in [3.8, 4) is 0 Å². The zero-order chi connectivity index (χ0) is 26.6. The van der Waals surface area contributed by atoms with Crippen LogP contribution in [0.4, 0.5) is 22.0 Å². The van der Waals surface area contributed by atoms with Gasteiger partial charge in [0.05, 0.1) is 0 Å². The lowest BCUT2D eigenvalue weighted by Crippen LogP contribution is -2.76. The maximum atomic E-state index is 13.9. The molecule has 2 aliphatic heterocycles. The van der Waals surface area contributed by atoms with E-state index in [2.05, 4.69) is 26.6 Å². The van der Waals surface area contributed by atoms with Crippen LogP contribution < -0.4 is 26.6 Å². The van der Waals surface area contributed by atoms with E-state index in [4.69, 9.17) is 4.74 Å². The third-order valence-electron chi connectivity index (χ3n) is 7.67. The lowest BCUT2D eigenvalue weighted by molar-refractivity contribution is -0.199.